The van der Waals surface area contributed by atoms with Crippen LogP contribution in [0.25, 0.3) is 11.1 Å². The summed E-state index contributed by atoms with van der Waals surface area (Å²) in [7, 11) is 0. The molecule has 0 bridgehead atoms. The molecule has 0 saturated heterocycles. The van der Waals surface area contributed by atoms with Crippen LogP contribution in [0, 0.1) is 18.6 Å². The van der Waals surface area contributed by atoms with Gasteiger partial charge in [-0.25, -0.2) is 8.78 Å². The fraction of sp³-hybridized carbons (Fsp3) is 0.0769. The Bertz CT molecular complexity index is 562. The van der Waals surface area contributed by atoms with Crippen molar-refractivity contribution in [1.82, 2.24) is 0 Å². The number of halogens is 4. The van der Waals surface area contributed by atoms with Gasteiger partial charge in [-0.2, -0.15) is 0 Å². The molecule has 0 nitrogen and oxygen atoms in total. The first-order valence-corrected chi connectivity index (χ1v) is 6.07. The first kappa shape index (κ1) is 12.5. The van der Waals surface area contributed by atoms with Crippen molar-refractivity contribution >= 4 is 27.5 Å². The van der Waals surface area contributed by atoms with Crippen molar-refractivity contribution in [3.63, 3.8) is 0 Å². The van der Waals surface area contributed by atoms with E-state index in [2.05, 4.69) is 15.9 Å². The van der Waals surface area contributed by atoms with Gasteiger partial charge in [-0.3, -0.25) is 0 Å². The lowest BCUT2D eigenvalue weighted by atomic mass is 10.0. The van der Waals surface area contributed by atoms with Crippen LogP contribution in [0.5, 0.6) is 0 Å². The summed E-state index contributed by atoms with van der Waals surface area (Å²) < 4.78 is 27.0. The molecule has 0 aliphatic heterocycles. The maximum absolute atomic E-state index is 13.1. The van der Waals surface area contributed by atoms with E-state index in [0.717, 1.165) is 16.1 Å². The fourth-order valence-electron chi connectivity index (χ4n) is 1.59. The molecule has 0 radical (unpaired) electrons. The van der Waals surface area contributed by atoms with Crippen molar-refractivity contribution in [3.05, 3.63) is 57.0 Å². The van der Waals surface area contributed by atoms with E-state index in [9.17, 15) is 8.78 Å². The fourth-order valence-corrected chi connectivity index (χ4v) is 2.44. The molecule has 2 rings (SSSR count). The molecule has 17 heavy (non-hydrogen) atoms. The molecular formula is C13H8BrClF2. The van der Waals surface area contributed by atoms with Crippen molar-refractivity contribution < 1.29 is 8.78 Å². The molecular weight excluding hydrogens is 309 g/mol. The molecule has 0 amide bonds. The van der Waals surface area contributed by atoms with E-state index in [-0.39, 0.29) is 0 Å². The van der Waals surface area contributed by atoms with Gasteiger partial charge in [-0.15, -0.1) is 0 Å². The van der Waals surface area contributed by atoms with Gasteiger partial charge in [0.25, 0.3) is 0 Å². The van der Waals surface area contributed by atoms with Crippen LogP contribution in [0.1, 0.15) is 5.56 Å². The van der Waals surface area contributed by atoms with E-state index in [1.807, 2.05) is 6.92 Å². The van der Waals surface area contributed by atoms with Gasteiger partial charge < -0.3 is 0 Å². The first-order chi connectivity index (χ1) is 7.99. The average Bonchev–Trinajstić information content (AvgIpc) is 2.24. The molecule has 0 aromatic heterocycles. The summed E-state index contributed by atoms with van der Waals surface area (Å²) >= 11 is 9.35. The Morgan fingerprint density at radius 2 is 1.65 bits per heavy atom. The average molecular weight is 318 g/mol. The maximum Gasteiger partial charge on any atom is 0.126 e. The summed E-state index contributed by atoms with van der Waals surface area (Å²) in [6, 6.07) is 6.86. The van der Waals surface area contributed by atoms with Crippen molar-refractivity contribution in [2.75, 3.05) is 0 Å². The largest absolute Gasteiger partial charge is 0.207 e. The zero-order valence-corrected chi connectivity index (χ0v) is 11.2. The molecule has 0 heterocycles. The smallest absolute Gasteiger partial charge is 0.126 e. The van der Waals surface area contributed by atoms with Crippen LogP contribution in [0.3, 0.4) is 0 Å². The minimum atomic E-state index is -0.598. The van der Waals surface area contributed by atoms with E-state index >= 15 is 0 Å². The summed E-state index contributed by atoms with van der Waals surface area (Å²) in [6.07, 6.45) is 0. The SMILES string of the molecule is Cc1c(Cl)ccc(-c2cc(F)cc(F)c2)c1Br. The van der Waals surface area contributed by atoms with Crippen molar-refractivity contribution in [3.8, 4) is 11.1 Å². The highest BCUT2D eigenvalue weighted by Crippen LogP contribution is 2.34. The van der Waals surface area contributed by atoms with Crippen LogP contribution in [-0.4, -0.2) is 0 Å². The second-order valence-electron chi connectivity index (χ2n) is 3.69. The highest BCUT2D eigenvalue weighted by Gasteiger charge is 2.10. The minimum absolute atomic E-state index is 0.481. The predicted molar refractivity (Wildman–Crippen MR) is 69.2 cm³/mol. The Labute approximate surface area is 111 Å². The predicted octanol–water partition coefficient (Wildman–Crippen LogP) is 5.36. The van der Waals surface area contributed by atoms with Gasteiger partial charge >= 0.3 is 0 Å². The van der Waals surface area contributed by atoms with Gasteiger partial charge in [0.1, 0.15) is 11.6 Å². The monoisotopic (exact) mass is 316 g/mol. The summed E-state index contributed by atoms with van der Waals surface area (Å²) in [4.78, 5) is 0. The zero-order chi connectivity index (χ0) is 12.6. The standard InChI is InChI=1S/C13H8BrClF2/c1-7-12(15)3-2-11(13(7)14)8-4-9(16)6-10(17)5-8/h2-6H,1H3. The van der Waals surface area contributed by atoms with Crippen LogP contribution in [0.15, 0.2) is 34.8 Å². The van der Waals surface area contributed by atoms with Gasteiger partial charge in [0.2, 0.25) is 0 Å². The quantitative estimate of drug-likeness (QED) is 0.664. The third kappa shape index (κ3) is 2.50. The number of hydrogen-bond donors (Lipinski definition) is 0. The molecule has 2 aromatic rings. The normalized spacial score (nSPS) is 10.6. The summed E-state index contributed by atoms with van der Waals surface area (Å²) in [5, 5.41) is 0.609. The number of rotatable bonds is 1. The molecule has 0 fully saturated rings. The molecule has 4 heteroatoms. The van der Waals surface area contributed by atoms with Gasteiger partial charge in [0.15, 0.2) is 0 Å². The van der Waals surface area contributed by atoms with Gasteiger partial charge in [0, 0.05) is 15.6 Å². The Kier molecular flexibility index (Phi) is 3.50. The second kappa shape index (κ2) is 4.75. The molecule has 0 atom stereocenters. The van der Waals surface area contributed by atoms with Crippen molar-refractivity contribution in [2.45, 2.75) is 6.92 Å². The minimum Gasteiger partial charge on any atom is -0.207 e. The first-order valence-electron chi connectivity index (χ1n) is 4.90. The Morgan fingerprint density at radius 1 is 1.06 bits per heavy atom. The Morgan fingerprint density at radius 3 is 2.24 bits per heavy atom. The maximum atomic E-state index is 13.1. The van der Waals surface area contributed by atoms with Crippen LogP contribution in [-0.2, 0) is 0 Å². The Balaban J connectivity index is 2.64. The third-order valence-corrected chi connectivity index (χ3v) is 3.93. The summed E-state index contributed by atoms with van der Waals surface area (Å²) in [5.74, 6) is -1.20. The van der Waals surface area contributed by atoms with E-state index < -0.39 is 11.6 Å². The molecule has 0 spiro atoms. The van der Waals surface area contributed by atoms with Gasteiger partial charge in [0.05, 0.1) is 0 Å². The lowest BCUT2D eigenvalue weighted by Gasteiger charge is -2.09. The topological polar surface area (TPSA) is 0 Å². The summed E-state index contributed by atoms with van der Waals surface area (Å²) in [6.45, 7) is 1.84. The molecule has 0 saturated carbocycles. The van der Waals surface area contributed by atoms with Crippen LogP contribution in [0.4, 0.5) is 8.78 Å². The molecule has 0 unspecified atom stereocenters. The zero-order valence-electron chi connectivity index (χ0n) is 8.90. The third-order valence-electron chi connectivity index (χ3n) is 2.49. The van der Waals surface area contributed by atoms with E-state index in [0.29, 0.717) is 16.1 Å². The highest BCUT2D eigenvalue weighted by molar-refractivity contribution is 9.10. The van der Waals surface area contributed by atoms with Crippen molar-refractivity contribution in [1.29, 1.82) is 0 Å². The van der Waals surface area contributed by atoms with Crippen molar-refractivity contribution in [2.24, 2.45) is 0 Å². The second-order valence-corrected chi connectivity index (χ2v) is 4.89. The van der Waals surface area contributed by atoms with E-state index in [1.165, 1.54) is 12.1 Å². The summed E-state index contributed by atoms with van der Waals surface area (Å²) in [5.41, 5.74) is 2.04. The van der Waals surface area contributed by atoms with E-state index in [4.69, 9.17) is 11.6 Å². The van der Waals surface area contributed by atoms with E-state index in [1.54, 1.807) is 12.1 Å². The lowest BCUT2D eigenvalue weighted by Crippen LogP contribution is -1.88. The molecule has 0 aliphatic carbocycles. The lowest BCUT2D eigenvalue weighted by molar-refractivity contribution is 0.584. The van der Waals surface area contributed by atoms with Crippen LogP contribution in [0.2, 0.25) is 5.02 Å². The molecule has 2 aromatic carbocycles. The number of hydrogen-bond acceptors (Lipinski definition) is 0. The molecule has 0 N–H and O–H groups in total. The van der Waals surface area contributed by atoms with Crippen LogP contribution >= 0.6 is 27.5 Å². The van der Waals surface area contributed by atoms with Crippen LogP contribution < -0.4 is 0 Å². The molecule has 0 aliphatic rings. The number of benzene rings is 2. The highest BCUT2D eigenvalue weighted by atomic mass is 79.9. The Hall–Kier alpha value is -0.930. The van der Waals surface area contributed by atoms with Gasteiger partial charge in [-0.1, -0.05) is 17.7 Å². The van der Waals surface area contributed by atoms with Gasteiger partial charge in [-0.05, 0) is 57.7 Å². The molecule has 88 valence electrons.